The zero-order chi connectivity index (χ0) is 76.6. The van der Waals surface area contributed by atoms with Crippen molar-refractivity contribution in [3.8, 4) is 0 Å². The van der Waals surface area contributed by atoms with Gasteiger partial charge in [-0.25, -0.2) is 4.98 Å². The molecule has 0 spiro atoms. The van der Waals surface area contributed by atoms with Gasteiger partial charge in [0.2, 0.25) is 53.2 Å². The van der Waals surface area contributed by atoms with Gasteiger partial charge in [0.1, 0.15) is 30.2 Å². The maximum absolute atomic E-state index is 14.8. The first-order valence-corrected chi connectivity index (χ1v) is 35.7. The van der Waals surface area contributed by atoms with Crippen LogP contribution in [0.5, 0.6) is 0 Å². The van der Waals surface area contributed by atoms with Gasteiger partial charge in [0, 0.05) is 197 Å². The summed E-state index contributed by atoms with van der Waals surface area (Å²) in [6.07, 6.45) is 8.51. The first kappa shape index (κ1) is 88.2. The van der Waals surface area contributed by atoms with Crippen LogP contribution in [0.3, 0.4) is 0 Å². The van der Waals surface area contributed by atoms with E-state index in [0.29, 0.717) is 68.3 Å². The summed E-state index contributed by atoms with van der Waals surface area (Å²) in [5.41, 5.74) is 20.6. The largest absolute Gasteiger partial charge is 0.549 e. The molecule has 3 aromatic carbocycles. The van der Waals surface area contributed by atoms with Gasteiger partial charge in [-0.15, -0.1) is 0 Å². The van der Waals surface area contributed by atoms with Crippen LogP contribution in [-0.2, 0) is 83.2 Å². The van der Waals surface area contributed by atoms with Crippen LogP contribution in [0, 0.1) is 44.1 Å². The molecule has 5 atom stereocenters. The average Bonchev–Trinajstić information content (AvgIpc) is 1.76. The van der Waals surface area contributed by atoms with Gasteiger partial charge >= 0.3 is 0 Å². The van der Waals surface area contributed by atoms with Crippen molar-refractivity contribution in [3.05, 3.63) is 126 Å². The number of hydrogen-bond donors (Lipinski definition) is 13. The van der Waals surface area contributed by atoms with Crippen LogP contribution < -0.4 is 75.1 Å². The van der Waals surface area contributed by atoms with Crippen molar-refractivity contribution in [1.82, 2.24) is 77.1 Å². The van der Waals surface area contributed by atoms with Gasteiger partial charge in [-0.2, -0.15) is 0 Å². The topological polar surface area (TPSA) is 518 Å². The third kappa shape index (κ3) is 35.3. The number of nitrogens with one attached hydrogen (secondary N) is 10. The number of aryl methyl sites for hydroxylation is 1. The predicted molar refractivity (Wildman–Crippen MR) is 385 cm³/mol. The number of nitrogens with zero attached hydrogens (tertiary/aromatic N) is 6. The fourth-order valence-corrected chi connectivity index (χ4v) is 12.0. The van der Waals surface area contributed by atoms with Gasteiger partial charge in [0.25, 0.3) is 0 Å². The van der Waals surface area contributed by atoms with E-state index < -0.39 is 110 Å². The van der Waals surface area contributed by atoms with Gasteiger partial charge in [-0.3, -0.25) is 67.7 Å². The molecular formula is C72H100AcN19O15-3. The van der Waals surface area contributed by atoms with E-state index in [1.807, 2.05) is 48.5 Å². The molecule has 107 heavy (non-hydrogen) atoms. The van der Waals surface area contributed by atoms with Gasteiger partial charge in [0.05, 0.1) is 37.3 Å². The third-order valence-electron chi connectivity index (χ3n) is 17.7. The Bertz CT molecular complexity index is 3650. The first-order valence-electron chi connectivity index (χ1n) is 35.7. The molecule has 6 rings (SSSR count). The molecule has 1 radical (unpaired) electrons. The number of carbonyl (C=O) groups excluding carboxylic acids is 12. The van der Waals surface area contributed by atoms with Crippen LogP contribution in [-0.4, -0.2) is 247 Å². The third-order valence-corrected chi connectivity index (χ3v) is 17.7. The Morgan fingerprint density at radius 3 is 1.53 bits per heavy atom. The fraction of sp³-hybridized carbons (Fsp3) is 0.500. The molecule has 1 fully saturated rings. The van der Waals surface area contributed by atoms with Crippen LogP contribution >= 0.6 is 0 Å². The van der Waals surface area contributed by atoms with Crippen LogP contribution in [0.25, 0.3) is 10.9 Å². The molecule has 2 aromatic heterocycles. The molecule has 35 heteroatoms. The van der Waals surface area contributed by atoms with E-state index in [1.54, 1.807) is 57.3 Å². The molecule has 1 saturated heterocycles. The van der Waals surface area contributed by atoms with E-state index in [4.69, 9.17) is 17.2 Å². The Morgan fingerprint density at radius 1 is 0.467 bits per heavy atom. The number of para-hydroxylation sites is 1. The van der Waals surface area contributed by atoms with Gasteiger partial charge < -0.3 is 99.4 Å². The number of unbranched alkanes of at least 4 members (excludes halogenated alkanes) is 3. The average molecular weight is 1700 g/mol. The normalized spacial score (nSPS) is 14.6. The van der Waals surface area contributed by atoms with Crippen molar-refractivity contribution in [2.24, 2.45) is 22.2 Å². The number of aromatic amines is 2. The molecule has 5 aromatic rings. The number of carboxylic acid groups (broad SMARTS) is 3. The van der Waals surface area contributed by atoms with Crippen molar-refractivity contribution in [2.45, 2.75) is 127 Å². The van der Waals surface area contributed by atoms with E-state index >= 15 is 0 Å². The van der Waals surface area contributed by atoms with E-state index in [-0.39, 0.29) is 191 Å². The summed E-state index contributed by atoms with van der Waals surface area (Å²) in [5, 5.41) is 57.2. The van der Waals surface area contributed by atoms with Crippen molar-refractivity contribution >= 4 is 87.9 Å². The van der Waals surface area contributed by atoms with Gasteiger partial charge in [-0.1, -0.05) is 85.3 Å². The molecule has 0 unspecified atom stereocenters. The minimum Gasteiger partial charge on any atom is -0.549 e. The number of carbonyl (C=O) groups is 12. The van der Waals surface area contributed by atoms with E-state index in [2.05, 4.69) is 62.5 Å². The minimum absolute atomic E-state index is 0. The van der Waals surface area contributed by atoms with Gasteiger partial charge in [-0.05, 0) is 80.5 Å². The van der Waals surface area contributed by atoms with E-state index in [0.717, 1.165) is 16.5 Å². The predicted octanol–water partition coefficient (Wildman–Crippen LogP) is -5.54. The molecule has 579 valence electrons. The number of primary amides is 1. The number of aliphatic carboxylic acids is 3. The second-order valence-corrected chi connectivity index (χ2v) is 26.1. The summed E-state index contributed by atoms with van der Waals surface area (Å²) < 4.78 is 0. The summed E-state index contributed by atoms with van der Waals surface area (Å²) in [5.74, 6) is -9.84. The molecule has 0 bridgehead atoms. The first-order chi connectivity index (χ1) is 51.0. The summed E-state index contributed by atoms with van der Waals surface area (Å²) in [4.78, 5) is 179. The smallest absolute Gasteiger partial charge is 0.243 e. The van der Waals surface area contributed by atoms with E-state index in [9.17, 15) is 72.9 Å². The van der Waals surface area contributed by atoms with Crippen molar-refractivity contribution in [2.75, 3.05) is 105 Å². The molecule has 1 aliphatic rings. The summed E-state index contributed by atoms with van der Waals surface area (Å²) in [6, 6.07) is 19.3. The number of guanidine groups is 1. The number of rotatable bonds is 45. The van der Waals surface area contributed by atoms with Crippen LogP contribution in [0.15, 0.2) is 109 Å². The number of aromatic nitrogens is 3. The number of imidazole rings is 1. The molecule has 0 aliphatic carbocycles. The Balaban J connectivity index is 0.0000205. The molecule has 9 amide bonds. The number of aliphatic imine (C=N–C) groups is 1. The number of fused-ring (bicyclic) bond motifs is 1. The van der Waals surface area contributed by atoms with Crippen molar-refractivity contribution < 1.29 is 117 Å². The Morgan fingerprint density at radius 2 is 0.963 bits per heavy atom. The molecule has 34 nitrogen and oxygen atoms in total. The second kappa shape index (κ2) is 48.7. The number of carboxylic acids is 3. The molecule has 0 saturated carbocycles. The summed E-state index contributed by atoms with van der Waals surface area (Å²) in [7, 11) is 0. The summed E-state index contributed by atoms with van der Waals surface area (Å²) >= 11 is 0. The fourth-order valence-electron chi connectivity index (χ4n) is 12.0. The van der Waals surface area contributed by atoms with E-state index in [1.165, 1.54) is 17.4 Å². The minimum atomic E-state index is -1.38. The van der Waals surface area contributed by atoms with Crippen molar-refractivity contribution in [1.29, 1.82) is 0 Å². The Labute approximate surface area is 657 Å². The Hall–Kier alpha value is -9.40. The maximum atomic E-state index is 14.8. The van der Waals surface area contributed by atoms with Crippen LogP contribution in [0.1, 0.15) is 93.0 Å². The van der Waals surface area contributed by atoms with Gasteiger partial charge in [0.15, 0.2) is 5.96 Å². The zero-order valence-corrected chi connectivity index (χ0v) is 65.0. The van der Waals surface area contributed by atoms with Crippen molar-refractivity contribution in [3.63, 3.8) is 0 Å². The standard InChI is InChI=1S/C72H103N19O15.Ac/c73-67(102)55(23-11-13-28-77-60(92)25-8-3-12-27-78-63(95)44-88-30-32-89(45-64(96)97)34-36-91(47-66(100)101)37-35-90(33-31-88)46-65(98)99)83-62(94)43-81-68(103)58(39-51-41-80-54-22-10-9-21-53(51)54)87-69(104)56(24-15-29-79-72(74)75)85-70(105)57(38-50-18-6-2-7-19-50)86-71(106)59(40-52-42-76-48-82-52)84-61(93)26-14-20-49-16-4-1-5-17-49;/h1-2,4-7,9-10,16-19,21-22,41-42,48,55-59,80H,3,8,11-15,20,23-40,43-47H2,(H2,73,102)(H,76,82)(H,77,92)(H,78,95)(H,81,103)(H,83,94)(H,84,93)(H,85,105)(H,86,106)(H,87,104)(H,96,97)(H,98,99)(H,100,101)(H4,74,75,79);/p-3/t55-,56-,57-,58-,59-;/m0./s1/i;1-2. The molecule has 3 heterocycles. The van der Waals surface area contributed by atoms with Crippen LogP contribution in [0.4, 0.5) is 0 Å². The number of amides is 9. The molecule has 16 N–H and O–H groups in total. The monoisotopic (exact) mass is 1700 g/mol. The molecular weight excluding hydrogens is 1600 g/mol. The SMILES string of the molecule is NC(=O)[C@H](CCCCNC(=O)CCCCCNC(=O)CN1CCN(CC(=O)[O-])CCN(CC(=O)[O-])CCN(CC(=O)[O-])CC1)NC(=O)CNC(=O)[C@H](Cc1c[nH]c2ccccc12)NC(=O)[C@H](CCCN=C(N)N)NC(=O)[C@H](Cc1ccccc1)NC(=O)[C@H](Cc1cnc[nH]1)NC(=O)CCCc1ccccc1.[225Ac]. The number of H-pyrrole nitrogens is 2. The number of nitrogens with two attached hydrogens (primary N) is 3. The zero-order valence-electron chi connectivity index (χ0n) is 60.2. The Kier molecular flexibility index (Phi) is 40.2. The number of hydrogen-bond acceptors (Lipinski definition) is 21. The number of benzene rings is 3. The van der Waals surface area contributed by atoms with Crippen LogP contribution in [0.2, 0.25) is 0 Å². The maximum Gasteiger partial charge on any atom is 0.243 e. The quantitative estimate of drug-likeness (QED) is 0.00982. The molecule has 1 aliphatic heterocycles. The second-order valence-electron chi connectivity index (χ2n) is 26.1. The summed E-state index contributed by atoms with van der Waals surface area (Å²) in [6.45, 7) is 0.169.